The van der Waals surface area contributed by atoms with Gasteiger partial charge in [-0.15, -0.1) is 0 Å². The van der Waals surface area contributed by atoms with E-state index in [9.17, 15) is 5.11 Å². The van der Waals surface area contributed by atoms with Crippen LogP contribution in [0.2, 0.25) is 0 Å². The SMILES string of the molecule is CCOC1(C(O)c2c(Br)cnn2C(C)C)CCCCC1. The molecule has 20 heavy (non-hydrogen) atoms. The maximum atomic E-state index is 11.0. The van der Waals surface area contributed by atoms with Gasteiger partial charge in [0, 0.05) is 12.6 Å². The first-order chi connectivity index (χ1) is 9.52. The number of halogens is 1. The number of aliphatic hydroxyl groups is 1. The summed E-state index contributed by atoms with van der Waals surface area (Å²) in [6.45, 7) is 6.77. The molecule has 0 aliphatic heterocycles. The summed E-state index contributed by atoms with van der Waals surface area (Å²) in [4.78, 5) is 0. The summed E-state index contributed by atoms with van der Waals surface area (Å²) in [5, 5.41) is 15.4. The molecule has 1 saturated carbocycles. The normalized spacial score (nSPS) is 20.3. The number of ether oxygens (including phenoxy) is 1. The molecule has 1 aromatic rings. The van der Waals surface area contributed by atoms with E-state index in [1.807, 2.05) is 11.6 Å². The summed E-state index contributed by atoms with van der Waals surface area (Å²) in [5.41, 5.74) is 0.387. The van der Waals surface area contributed by atoms with E-state index in [-0.39, 0.29) is 6.04 Å². The van der Waals surface area contributed by atoms with E-state index >= 15 is 0 Å². The maximum absolute atomic E-state index is 11.0. The van der Waals surface area contributed by atoms with Gasteiger partial charge in [-0.25, -0.2) is 0 Å². The molecule has 1 unspecified atom stereocenters. The van der Waals surface area contributed by atoms with Gasteiger partial charge < -0.3 is 9.84 Å². The van der Waals surface area contributed by atoms with Crippen LogP contribution in [0.1, 0.15) is 70.7 Å². The molecule has 1 aromatic heterocycles. The predicted molar refractivity (Wildman–Crippen MR) is 82.7 cm³/mol. The average molecular weight is 345 g/mol. The minimum atomic E-state index is -0.637. The number of aromatic nitrogens is 2. The van der Waals surface area contributed by atoms with Gasteiger partial charge in [0.05, 0.1) is 22.0 Å². The summed E-state index contributed by atoms with van der Waals surface area (Å²) in [7, 11) is 0. The lowest BCUT2D eigenvalue weighted by atomic mass is 9.79. The Morgan fingerprint density at radius 2 is 2.05 bits per heavy atom. The number of nitrogens with zero attached hydrogens (tertiary/aromatic N) is 2. The molecule has 1 aliphatic carbocycles. The van der Waals surface area contributed by atoms with Crippen LogP contribution in [0, 0.1) is 0 Å². The van der Waals surface area contributed by atoms with Gasteiger partial charge in [0.1, 0.15) is 6.10 Å². The summed E-state index contributed by atoms with van der Waals surface area (Å²) in [5.74, 6) is 0. The van der Waals surface area contributed by atoms with Gasteiger partial charge in [-0.05, 0) is 49.5 Å². The first-order valence-electron chi connectivity index (χ1n) is 7.56. The molecule has 0 bridgehead atoms. The average Bonchev–Trinajstić information content (AvgIpc) is 2.81. The molecule has 4 nitrogen and oxygen atoms in total. The second-order valence-corrected chi connectivity index (χ2v) is 6.73. The van der Waals surface area contributed by atoms with Gasteiger partial charge in [0.25, 0.3) is 0 Å². The van der Waals surface area contributed by atoms with E-state index < -0.39 is 11.7 Å². The molecule has 0 aromatic carbocycles. The zero-order valence-corrected chi connectivity index (χ0v) is 14.2. The maximum Gasteiger partial charge on any atom is 0.126 e. The third-order valence-electron chi connectivity index (χ3n) is 4.17. The fourth-order valence-corrected chi connectivity index (χ4v) is 3.69. The van der Waals surface area contributed by atoms with Crippen molar-refractivity contribution in [2.45, 2.75) is 70.6 Å². The number of hydrogen-bond acceptors (Lipinski definition) is 3. The second-order valence-electron chi connectivity index (χ2n) is 5.88. The predicted octanol–water partition coefficient (Wildman–Crippen LogP) is 4.00. The Hall–Kier alpha value is -0.390. The minimum absolute atomic E-state index is 0.216. The molecule has 1 heterocycles. The van der Waals surface area contributed by atoms with E-state index in [1.54, 1.807) is 6.20 Å². The van der Waals surface area contributed by atoms with Crippen LogP contribution in [-0.2, 0) is 4.74 Å². The number of rotatable bonds is 5. The van der Waals surface area contributed by atoms with Crippen molar-refractivity contribution >= 4 is 15.9 Å². The monoisotopic (exact) mass is 344 g/mol. The highest BCUT2D eigenvalue weighted by Crippen LogP contribution is 2.43. The number of hydrogen-bond donors (Lipinski definition) is 1. The van der Waals surface area contributed by atoms with E-state index in [0.29, 0.717) is 6.61 Å². The molecule has 5 heteroatoms. The van der Waals surface area contributed by atoms with Gasteiger partial charge in [-0.2, -0.15) is 5.10 Å². The minimum Gasteiger partial charge on any atom is -0.384 e. The highest BCUT2D eigenvalue weighted by atomic mass is 79.9. The lowest BCUT2D eigenvalue weighted by Crippen LogP contribution is -2.42. The summed E-state index contributed by atoms with van der Waals surface area (Å²) in [6, 6.07) is 0.216. The zero-order valence-electron chi connectivity index (χ0n) is 12.6. The molecule has 1 atom stereocenters. The molecule has 0 amide bonds. The van der Waals surface area contributed by atoms with Crippen molar-refractivity contribution in [2.75, 3.05) is 6.61 Å². The third kappa shape index (κ3) is 2.95. The first kappa shape index (κ1) is 16.0. The van der Waals surface area contributed by atoms with Crippen molar-refractivity contribution in [3.8, 4) is 0 Å². The standard InChI is InChI=1S/C15H25BrN2O2/c1-4-20-15(8-6-5-7-9-15)14(19)13-12(16)10-17-18(13)11(2)3/h10-11,14,19H,4-9H2,1-3H3. The molecule has 1 N–H and O–H groups in total. The lowest BCUT2D eigenvalue weighted by molar-refractivity contribution is -0.144. The van der Waals surface area contributed by atoms with Crippen LogP contribution in [-0.4, -0.2) is 27.1 Å². The van der Waals surface area contributed by atoms with E-state index in [4.69, 9.17) is 4.74 Å². The van der Waals surface area contributed by atoms with E-state index in [2.05, 4.69) is 34.9 Å². The number of aliphatic hydroxyl groups excluding tert-OH is 1. The van der Waals surface area contributed by atoms with Gasteiger partial charge in [-0.1, -0.05) is 19.3 Å². The van der Waals surface area contributed by atoms with Crippen molar-refractivity contribution in [2.24, 2.45) is 0 Å². The van der Waals surface area contributed by atoms with E-state index in [0.717, 1.165) is 35.8 Å². The Balaban J connectivity index is 2.36. The molecule has 1 fully saturated rings. The molecule has 114 valence electrons. The third-order valence-corrected chi connectivity index (χ3v) is 4.78. The highest BCUT2D eigenvalue weighted by Gasteiger charge is 2.43. The second kappa shape index (κ2) is 6.58. The summed E-state index contributed by atoms with van der Waals surface area (Å²) in [6.07, 6.45) is 6.42. The van der Waals surface area contributed by atoms with Crippen LogP contribution in [0.15, 0.2) is 10.7 Å². The van der Waals surface area contributed by atoms with Crippen LogP contribution in [0.5, 0.6) is 0 Å². The van der Waals surface area contributed by atoms with Gasteiger partial charge in [0.2, 0.25) is 0 Å². The molecular weight excluding hydrogens is 320 g/mol. The Morgan fingerprint density at radius 1 is 1.40 bits per heavy atom. The molecular formula is C15H25BrN2O2. The summed E-state index contributed by atoms with van der Waals surface area (Å²) < 4.78 is 8.79. The molecule has 0 radical (unpaired) electrons. The molecule has 1 aliphatic rings. The molecule has 2 rings (SSSR count). The topological polar surface area (TPSA) is 47.3 Å². The fraction of sp³-hybridized carbons (Fsp3) is 0.800. The lowest BCUT2D eigenvalue weighted by Gasteiger charge is -2.41. The quantitative estimate of drug-likeness (QED) is 0.877. The van der Waals surface area contributed by atoms with Crippen molar-refractivity contribution in [3.63, 3.8) is 0 Å². The van der Waals surface area contributed by atoms with Crippen molar-refractivity contribution in [3.05, 3.63) is 16.4 Å². The molecule has 0 spiro atoms. The first-order valence-corrected chi connectivity index (χ1v) is 8.36. The Morgan fingerprint density at radius 3 is 2.60 bits per heavy atom. The van der Waals surface area contributed by atoms with Gasteiger partial charge in [-0.3, -0.25) is 4.68 Å². The Labute approximate surface area is 129 Å². The zero-order chi connectivity index (χ0) is 14.8. The van der Waals surface area contributed by atoms with Crippen molar-refractivity contribution in [1.82, 2.24) is 9.78 Å². The van der Waals surface area contributed by atoms with Crippen LogP contribution in [0.4, 0.5) is 0 Å². The Kier molecular flexibility index (Phi) is 5.26. The highest BCUT2D eigenvalue weighted by molar-refractivity contribution is 9.10. The Bertz CT molecular complexity index is 434. The van der Waals surface area contributed by atoms with Crippen LogP contribution in [0.3, 0.4) is 0 Å². The van der Waals surface area contributed by atoms with Crippen molar-refractivity contribution in [1.29, 1.82) is 0 Å². The van der Waals surface area contributed by atoms with Crippen molar-refractivity contribution < 1.29 is 9.84 Å². The molecule has 0 saturated heterocycles. The van der Waals surface area contributed by atoms with Crippen LogP contribution in [0.25, 0.3) is 0 Å². The van der Waals surface area contributed by atoms with Gasteiger partial charge >= 0.3 is 0 Å². The smallest absolute Gasteiger partial charge is 0.126 e. The van der Waals surface area contributed by atoms with Crippen LogP contribution < -0.4 is 0 Å². The van der Waals surface area contributed by atoms with E-state index in [1.165, 1.54) is 6.42 Å². The fourth-order valence-electron chi connectivity index (χ4n) is 3.20. The van der Waals surface area contributed by atoms with Crippen LogP contribution >= 0.6 is 15.9 Å². The summed E-state index contributed by atoms with van der Waals surface area (Å²) >= 11 is 3.53. The van der Waals surface area contributed by atoms with Gasteiger partial charge in [0.15, 0.2) is 0 Å². The largest absolute Gasteiger partial charge is 0.384 e.